The first-order valence-corrected chi connectivity index (χ1v) is 7.46. The minimum Gasteiger partial charge on any atom is -0.489 e. The number of rotatable bonds is 4. The van der Waals surface area contributed by atoms with Gasteiger partial charge in [0.05, 0.1) is 5.56 Å². The standard InChI is InChI=1S/C18H19NO3/c1-12-9-14(16-3-2-8-19-17(16)10-12)11-22-15-6-4-13(5-7-15)18(20)21/h4-7,9-10,19H,2-3,8,11H2,1H3,(H,20,21). The fourth-order valence-electron chi connectivity index (χ4n) is 2.82. The summed E-state index contributed by atoms with van der Waals surface area (Å²) in [5.74, 6) is -0.241. The van der Waals surface area contributed by atoms with Gasteiger partial charge in [0.25, 0.3) is 0 Å². The van der Waals surface area contributed by atoms with Gasteiger partial charge >= 0.3 is 5.97 Å². The molecule has 2 N–H and O–H groups in total. The Morgan fingerprint density at radius 2 is 2.05 bits per heavy atom. The highest BCUT2D eigenvalue weighted by molar-refractivity contribution is 5.87. The molecule has 0 aromatic heterocycles. The lowest BCUT2D eigenvalue weighted by molar-refractivity contribution is 0.0697. The first-order chi connectivity index (χ1) is 10.6. The summed E-state index contributed by atoms with van der Waals surface area (Å²) in [6.45, 7) is 3.60. The molecule has 0 radical (unpaired) electrons. The predicted octanol–water partition coefficient (Wildman–Crippen LogP) is 3.63. The van der Waals surface area contributed by atoms with E-state index in [4.69, 9.17) is 9.84 Å². The summed E-state index contributed by atoms with van der Waals surface area (Å²) < 4.78 is 5.83. The van der Waals surface area contributed by atoms with Crippen LogP contribution >= 0.6 is 0 Å². The normalized spacial score (nSPS) is 13.1. The number of carboxylic acid groups (broad SMARTS) is 1. The third-order valence-corrected chi connectivity index (χ3v) is 3.90. The van der Waals surface area contributed by atoms with Gasteiger partial charge < -0.3 is 15.2 Å². The van der Waals surface area contributed by atoms with E-state index in [1.54, 1.807) is 24.3 Å². The summed E-state index contributed by atoms with van der Waals surface area (Å²) in [4.78, 5) is 10.8. The van der Waals surface area contributed by atoms with Gasteiger partial charge in [0, 0.05) is 12.2 Å². The van der Waals surface area contributed by atoms with Crippen molar-refractivity contribution in [3.8, 4) is 5.75 Å². The van der Waals surface area contributed by atoms with E-state index in [0.29, 0.717) is 12.4 Å². The van der Waals surface area contributed by atoms with Crippen molar-refractivity contribution in [1.82, 2.24) is 0 Å². The number of carbonyl (C=O) groups is 1. The van der Waals surface area contributed by atoms with Gasteiger partial charge in [0.2, 0.25) is 0 Å². The summed E-state index contributed by atoms with van der Waals surface area (Å²) in [7, 11) is 0. The molecule has 114 valence electrons. The Kier molecular flexibility index (Phi) is 4.00. The van der Waals surface area contributed by atoms with Crippen molar-refractivity contribution < 1.29 is 14.6 Å². The van der Waals surface area contributed by atoms with Gasteiger partial charge in [-0.25, -0.2) is 4.79 Å². The Labute approximate surface area is 129 Å². The quantitative estimate of drug-likeness (QED) is 0.904. The molecule has 0 saturated heterocycles. The van der Waals surface area contributed by atoms with Crippen LogP contribution in [0.2, 0.25) is 0 Å². The maximum atomic E-state index is 10.8. The van der Waals surface area contributed by atoms with Crippen LogP contribution in [0.3, 0.4) is 0 Å². The number of nitrogens with one attached hydrogen (secondary N) is 1. The zero-order valence-electron chi connectivity index (χ0n) is 12.6. The third-order valence-electron chi connectivity index (χ3n) is 3.90. The van der Waals surface area contributed by atoms with E-state index in [2.05, 4.69) is 24.4 Å². The van der Waals surface area contributed by atoms with E-state index in [1.807, 2.05) is 0 Å². The highest BCUT2D eigenvalue weighted by Crippen LogP contribution is 2.28. The lowest BCUT2D eigenvalue weighted by Crippen LogP contribution is -2.14. The van der Waals surface area contributed by atoms with Gasteiger partial charge in [-0.15, -0.1) is 0 Å². The zero-order chi connectivity index (χ0) is 15.5. The molecule has 0 atom stereocenters. The molecule has 4 nitrogen and oxygen atoms in total. The zero-order valence-corrected chi connectivity index (χ0v) is 12.6. The van der Waals surface area contributed by atoms with Crippen LogP contribution < -0.4 is 10.1 Å². The number of fused-ring (bicyclic) bond motifs is 1. The number of ether oxygens (including phenoxy) is 1. The van der Waals surface area contributed by atoms with E-state index >= 15 is 0 Å². The van der Waals surface area contributed by atoms with Gasteiger partial charge in [-0.1, -0.05) is 6.07 Å². The van der Waals surface area contributed by atoms with Crippen LogP contribution in [0, 0.1) is 6.92 Å². The highest BCUT2D eigenvalue weighted by Gasteiger charge is 2.14. The molecule has 0 spiro atoms. The molecular weight excluding hydrogens is 278 g/mol. The van der Waals surface area contributed by atoms with Crippen LogP contribution in [-0.4, -0.2) is 17.6 Å². The van der Waals surface area contributed by atoms with E-state index in [-0.39, 0.29) is 5.56 Å². The summed E-state index contributed by atoms with van der Waals surface area (Å²) in [5, 5.41) is 12.3. The van der Waals surface area contributed by atoms with E-state index in [0.717, 1.165) is 19.4 Å². The van der Waals surface area contributed by atoms with Crippen molar-refractivity contribution in [2.45, 2.75) is 26.4 Å². The van der Waals surface area contributed by atoms with Crippen molar-refractivity contribution in [2.24, 2.45) is 0 Å². The molecule has 2 aromatic carbocycles. The third kappa shape index (κ3) is 3.06. The number of aryl methyl sites for hydroxylation is 1. The Bertz CT molecular complexity index is 692. The molecule has 0 aliphatic carbocycles. The molecular formula is C18H19NO3. The van der Waals surface area contributed by atoms with Crippen LogP contribution in [0.1, 0.15) is 33.5 Å². The molecule has 0 fully saturated rings. The van der Waals surface area contributed by atoms with Gasteiger partial charge in [-0.2, -0.15) is 0 Å². The predicted molar refractivity (Wildman–Crippen MR) is 85.7 cm³/mol. The number of carboxylic acids is 1. The van der Waals surface area contributed by atoms with E-state index < -0.39 is 5.97 Å². The molecule has 1 aliphatic heterocycles. The van der Waals surface area contributed by atoms with Crippen LogP contribution in [0.4, 0.5) is 5.69 Å². The SMILES string of the molecule is Cc1cc(COc2ccc(C(=O)O)cc2)c2c(c1)NCCC2. The lowest BCUT2D eigenvalue weighted by atomic mass is 9.96. The van der Waals surface area contributed by atoms with E-state index in [9.17, 15) is 4.79 Å². The van der Waals surface area contributed by atoms with Crippen molar-refractivity contribution in [1.29, 1.82) is 0 Å². The number of hydrogen-bond acceptors (Lipinski definition) is 3. The molecule has 0 amide bonds. The molecule has 2 aromatic rings. The van der Waals surface area contributed by atoms with Crippen molar-refractivity contribution in [3.63, 3.8) is 0 Å². The largest absolute Gasteiger partial charge is 0.489 e. The molecule has 0 unspecified atom stereocenters. The van der Waals surface area contributed by atoms with Crippen LogP contribution in [0.25, 0.3) is 0 Å². The van der Waals surface area contributed by atoms with Crippen LogP contribution in [-0.2, 0) is 13.0 Å². The van der Waals surface area contributed by atoms with Crippen molar-refractivity contribution in [3.05, 3.63) is 58.7 Å². The number of aromatic carboxylic acids is 1. The maximum Gasteiger partial charge on any atom is 0.335 e. The smallest absolute Gasteiger partial charge is 0.335 e. The van der Waals surface area contributed by atoms with Gasteiger partial charge in [-0.3, -0.25) is 0 Å². The molecule has 1 aliphatic rings. The molecule has 3 rings (SSSR count). The second kappa shape index (κ2) is 6.10. The van der Waals surface area contributed by atoms with Crippen molar-refractivity contribution in [2.75, 3.05) is 11.9 Å². The summed E-state index contributed by atoms with van der Waals surface area (Å²) in [5.41, 5.74) is 5.23. The van der Waals surface area contributed by atoms with E-state index in [1.165, 1.54) is 22.4 Å². The highest BCUT2D eigenvalue weighted by atomic mass is 16.5. The maximum absolute atomic E-state index is 10.8. The first-order valence-electron chi connectivity index (χ1n) is 7.46. The average Bonchev–Trinajstić information content (AvgIpc) is 2.52. The molecule has 0 bridgehead atoms. The summed E-state index contributed by atoms with van der Waals surface area (Å²) in [6, 6.07) is 10.9. The molecule has 4 heteroatoms. The fourth-order valence-corrected chi connectivity index (χ4v) is 2.82. The number of anilines is 1. The van der Waals surface area contributed by atoms with Gasteiger partial charge in [0.1, 0.15) is 12.4 Å². The Balaban J connectivity index is 1.76. The lowest BCUT2D eigenvalue weighted by Gasteiger charge is -2.22. The average molecular weight is 297 g/mol. The number of benzene rings is 2. The van der Waals surface area contributed by atoms with Gasteiger partial charge in [0.15, 0.2) is 0 Å². The molecule has 1 heterocycles. The summed E-state index contributed by atoms with van der Waals surface area (Å²) >= 11 is 0. The van der Waals surface area contributed by atoms with Crippen LogP contribution in [0.15, 0.2) is 36.4 Å². The topological polar surface area (TPSA) is 58.6 Å². The Morgan fingerprint density at radius 1 is 1.27 bits per heavy atom. The van der Waals surface area contributed by atoms with Gasteiger partial charge in [-0.05, 0) is 66.8 Å². The number of hydrogen-bond donors (Lipinski definition) is 2. The minimum absolute atomic E-state index is 0.268. The Hall–Kier alpha value is -2.49. The second-order valence-electron chi connectivity index (χ2n) is 5.60. The first kappa shape index (κ1) is 14.4. The second-order valence-corrected chi connectivity index (χ2v) is 5.60. The van der Waals surface area contributed by atoms with Crippen molar-refractivity contribution >= 4 is 11.7 Å². The fraction of sp³-hybridized carbons (Fsp3) is 0.278. The Morgan fingerprint density at radius 3 is 2.77 bits per heavy atom. The molecule has 22 heavy (non-hydrogen) atoms. The van der Waals surface area contributed by atoms with Crippen LogP contribution in [0.5, 0.6) is 5.75 Å². The minimum atomic E-state index is -0.926. The molecule has 0 saturated carbocycles. The monoisotopic (exact) mass is 297 g/mol. The summed E-state index contributed by atoms with van der Waals surface area (Å²) in [6.07, 6.45) is 2.20.